The van der Waals surface area contributed by atoms with Gasteiger partial charge in [0, 0.05) is 37.8 Å². The van der Waals surface area contributed by atoms with Crippen molar-refractivity contribution in [1.29, 1.82) is 0 Å². The van der Waals surface area contributed by atoms with Gasteiger partial charge in [-0.05, 0) is 55.2 Å². The average molecular weight is 474 g/mol. The van der Waals surface area contributed by atoms with Gasteiger partial charge in [0.25, 0.3) is 5.91 Å². The van der Waals surface area contributed by atoms with Crippen LogP contribution in [-0.4, -0.2) is 42.3 Å². The number of nitrogens with one attached hydrogen (secondary N) is 1. The van der Waals surface area contributed by atoms with Gasteiger partial charge >= 0.3 is 0 Å². The molecule has 1 N–H and O–H groups in total. The molecule has 3 atom stereocenters. The molecule has 0 bridgehead atoms. The van der Waals surface area contributed by atoms with E-state index in [9.17, 15) is 18.0 Å². The molecule has 4 rings (SSSR count). The Morgan fingerprint density at radius 3 is 2.45 bits per heavy atom. The van der Waals surface area contributed by atoms with Crippen molar-refractivity contribution in [3.8, 4) is 0 Å². The lowest BCUT2D eigenvalue weighted by Gasteiger charge is -2.34. The van der Waals surface area contributed by atoms with Crippen molar-refractivity contribution in [2.24, 2.45) is 24.8 Å². The summed E-state index contributed by atoms with van der Waals surface area (Å²) in [5.41, 5.74) is 0.223. The summed E-state index contributed by atoms with van der Waals surface area (Å²) in [6.07, 6.45) is 6.33. The molecule has 2 aliphatic rings. The second-order valence-corrected chi connectivity index (χ2v) is 12.0. The second kappa shape index (κ2) is 9.22. The summed E-state index contributed by atoms with van der Waals surface area (Å²) in [6, 6.07) is 4.69. The van der Waals surface area contributed by atoms with Crippen LogP contribution >= 0.6 is 0 Å². The number of pyridine rings is 1. The predicted octanol–water partition coefficient (Wildman–Crippen LogP) is 3.51. The van der Waals surface area contributed by atoms with Crippen molar-refractivity contribution in [3.63, 3.8) is 0 Å². The molecule has 1 saturated carbocycles. The van der Waals surface area contributed by atoms with Crippen LogP contribution in [0.1, 0.15) is 63.2 Å². The third-order valence-electron chi connectivity index (χ3n) is 7.81. The molecule has 0 unspecified atom stereocenters. The van der Waals surface area contributed by atoms with Gasteiger partial charge in [-0.1, -0.05) is 33.6 Å². The lowest BCUT2D eigenvalue weighted by atomic mass is 9.78. The van der Waals surface area contributed by atoms with Crippen LogP contribution in [0.5, 0.6) is 0 Å². The largest absolute Gasteiger partial charge is 0.350 e. The molecule has 2 aromatic rings. The van der Waals surface area contributed by atoms with Crippen molar-refractivity contribution >= 4 is 26.8 Å². The van der Waals surface area contributed by atoms with Gasteiger partial charge in [0.15, 0.2) is 0 Å². The fourth-order valence-corrected chi connectivity index (χ4v) is 6.70. The van der Waals surface area contributed by atoms with Gasteiger partial charge < -0.3 is 9.88 Å². The SMILES string of the molecule is CC1CCN(S(=O)(=O)c2ccc3c(c2)c(=O)c(C(=O)N[C@@H]2CCC[C@H](C)[C@@H]2C)cn3C)CC1. The topological polar surface area (TPSA) is 88.5 Å². The van der Waals surface area contributed by atoms with Crippen molar-refractivity contribution in [1.82, 2.24) is 14.2 Å². The summed E-state index contributed by atoms with van der Waals surface area (Å²) in [5.74, 6) is 0.989. The summed E-state index contributed by atoms with van der Waals surface area (Å²) in [7, 11) is -1.92. The average Bonchev–Trinajstić information content (AvgIpc) is 2.79. The Morgan fingerprint density at radius 2 is 1.76 bits per heavy atom. The van der Waals surface area contributed by atoms with E-state index in [1.165, 1.54) is 10.4 Å². The van der Waals surface area contributed by atoms with Crippen LogP contribution in [0.4, 0.5) is 0 Å². The van der Waals surface area contributed by atoms with E-state index in [0.29, 0.717) is 36.4 Å². The third kappa shape index (κ3) is 4.60. The van der Waals surface area contributed by atoms with Gasteiger partial charge in [-0.3, -0.25) is 9.59 Å². The first-order valence-electron chi connectivity index (χ1n) is 12.0. The van der Waals surface area contributed by atoms with Crippen LogP contribution in [0.3, 0.4) is 0 Å². The molecule has 1 aromatic carbocycles. The number of hydrogen-bond donors (Lipinski definition) is 1. The highest BCUT2D eigenvalue weighted by atomic mass is 32.2. The van der Waals surface area contributed by atoms with Crippen LogP contribution in [0, 0.1) is 17.8 Å². The van der Waals surface area contributed by atoms with E-state index in [1.807, 2.05) is 0 Å². The number of nitrogens with zero attached hydrogens (tertiary/aromatic N) is 2. The van der Waals surface area contributed by atoms with Gasteiger partial charge in [-0.15, -0.1) is 0 Å². The zero-order valence-electron chi connectivity index (χ0n) is 20.0. The predicted molar refractivity (Wildman–Crippen MR) is 130 cm³/mol. The molecule has 180 valence electrons. The van der Waals surface area contributed by atoms with E-state index < -0.39 is 15.5 Å². The van der Waals surface area contributed by atoms with Crippen molar-refractivity contribution in [2.75, 3.05) is 13.1 Å². The number of benzene rings is 1. The molecule has 1 aliphatic heterocycles. The van der Waals surface area contributed by atoms with Gasteiger partial charge in [0.1, 0.15) is 5.56 Å². The summed E-state index contributed by atoms with van der Waals surface area (Å²) in [6.45, 7) is 7.44. The molecular weight excluding hydrogens is 438 g/mol. The molecule has 2 heterocycles. The van der Waals surface area contributed by atoms with E-state index in [1.54, 1.807) is 29.9 Å². The Bertz CT molecular complexity index is 1210. The lowest BCUT2D eigenvalue weighted by Crippen LogP contribution is -2.45. The Hall–Kier alpha value is -2.19. The molecule has 1 aliphatic carbocycles. The molecule has 1 amide bonds. The molecule has 8 heteroatoms. The second-order valence-electron chi connectivity index (χ2n) is 10.1. The van der Waals surface area contributed by atoms with E-state index >= 15 is 0 Å². The molecule has 2 fully saturated rings. The number of aromatic nitrogens is 1. The number of carbonyl (C=O) groups is 1. The van der Waals surface area contributed by atoms with E-state index in [2.05, 4.69) is 26.1 Å². The van der Waals surface area contributed by atoms with Gasteiger partial charge in [-0.25, -0.2) is 8.42 Å². The minimum Gasteiger partial charge on any atom is -0.350 e. The first-order valence-corrected chi connectivity index (χ1v) is 13.5. The molecular formula is C25H35N3O4S. The maximum atomic E-state index is 13.3. The van der Waals surface area contributed by atoms with E-state index in [-0.39, 0.29) is 27.8 Å². The number of piperidine rings is 1. The molecule has 1 aromatic heterocycles. The molecule has 0 spiro atoms. The minimum atomic E-state index is -3.69. The van der Waals surface area contributed by atoms with Crippen molar-refractivity contribution < 1.29 is 13.2 Å². The van der Waals surface area contributed by atoms with Gasteiger partial charge in [0.2, 0.25) is 15.5 Å². The number of aryl methyl sites for hydroxylation is 1. The molecule has 7 nitrogen and oxygen atoms in total. The Morgan fingerprint density at radius 1 is 1.06 bits per heavy atom. The highest BCUT2D eigenvalue weighted by molar-refractivity contribution is 7.89. The van der Waals surface area contributed by atoms with Crippen LogP contribution < -0.4 is 10.7 Å². The number of carbonyl (C=O) groups excluding carboxylic acids is 1. The fraction of sp³-hybridized carbons (Fsp3) is 0.600. The Balaban J connectivity index is 1.68. The highest BCUT2D eigenvalue weighted by Crippen LogP contribution is 2.30. The van der Waals surface area contributed by atoms with Crippen LogP contribution in [0.25, 0.3) is 10.9 Å². The van der Waals surface area contributed by atoms with Crippen molar-refractivity contribution in [2.45, 2.75) is 63.8 Å². The van der Waals surface area contributed by atoms with E-state index in [4.69, 9.17) is 0 Å². The number of amides is 1. The van der Waals surface area contributed by atoms with Crippen LogP contribution in [0.15, 0.2) is 34.1 Å². The standard InChI is InChI=1S/C25H35N3O4S/c1-16-10-12-28(13-11-16)33(31,32)19-8-9-23-20(14-19)24(29)21(15-27(23)4)25(30)26-22-7-5-6-17(2)18(22)3/h8-9,14-18,22H,5-7,10-13H2,1-4H3,(H,26,30)/t17-,18-,22+/m0/s1. The minimum absolute atomic E-state index is 0.0369. The van der Waals surface area contributed by atoms with Gasteiger partial charge in [-0.2, -0.15) is 4.31 Å². The van der Waals surface area contributed by atoms with Crippen LogP contribution in [-0.2, 0) is 17.1 Å². The lowest BCUT2D eigenvalue weighted by molar-refractivity contribution is 0.0889. The first-order chi connectivity index (χ1) is 15.6. The van der Waals surface area contributed by atoms with E-state index in [0.717, 1.165) is 32.1 Å². The number of sulfonamides is 1. The quantitative estimate of drug-likeness (QED) is 0.736. The summed E-state index contributed by atoms with van der Waals surface area (Å²) < 4.78 is 29.7. The Kier molecular flexibility index (Phi) is 6.69. The Labute approximate surface area is 196 Å². The maximum absolute atomic E-state index is 13.3. The van der Waals surface area contributed by atoms with Crippen molar-refractivity contribution in [3.05, 3.63) is 40.2 Å². The zero-order chi connectivity index (χ0) is 23.9. The van der Waals surface area contributed by atoms with Crippen LogP contribution in [0.2, 0.25) is 0 Å². The number of rotatable bonds is 4. The summed E-state index contributed by atoms with van der Waals surface area (Å²) in [4.78, 5) is 26.5. The monoisotopic (exact) mass is 473 g/mol. The maximum Gasteiger partial charge on any atom is 0.256 e. The highest BCUT2D eigenvalue weighted by Gasteiger charge is 2.30. The molecule has 0 radical (unpaired) electrons. The molecule has 1 saturated heterocycles. The molecule has 33 heavy (non-hydrogen) atoms. The third-order valence-corrected chi connectivity index (χ3v) is 9.70. The summed E-state index contributed by atoms with van der Waals surface area (Å²) in [5, 5.41) is 3.32. The fourth-order valence-electron chi connectivity index (χ4n) is 5.20. The normalized spacial score (nSPS) is 25.3. The number of hydrogen-bond acceptors (Lipinski definition) is 4. The number of fused-ring (bicyclic) bond motifs is 1. The first kappa shape index (κ1) is 24.0. The summed E-state index contributed by atoms with van der Waals surface area (Å²) >= 11 is 0. The van der Waals surface area contributed by atoms with Gasteiger partial charge in [0.05, 0.1) is 10.4 Å². The zero-order valence-corrected chi connectivity index (χ0v) is 20.8. The smallest absolute Gasteiger partial charge is 0.256 e.